The normalized spacial score (nSPS) is 28.9. The molecule has 0 spiro atoms. The van der Waals surface area contributed by atoms with Gasteiger partial charge in [-0.1, -0.05) is 24.3 Å². The number of carbonyl (C=O) groups excluding carboxylic acids is 3. The quantitative estimate of drug-likeness (QED) is 0.593. The van der Waals surface area contributed by atoms with Crippen LogP contribution in [-0.2, 0) is 14.4 Å². The lowest BCUT2D eigenvalue weighted by atomic mass is 9.85. The Morgan fingerprint density at radius 3 is 2.43 bits per heavy atom. The van der Waals surface area contributed by atoms with Gasteiger partial charge in [-0.15, -0.1) is 0 Å². The zero-order chi connectivity index (χ0) is 20.0. The second kappa shape index (κ2) is 7.13. The lowest BCUT2D eigenvalue weighted by molar-refractivity contribution is -0.144. The van der Waals surface area contributed by atoms with E-state index in [1.54, 1.807) is 12.1 Å². The number of likely N-dealkylation sites (tertiary alicyclic amines) is 1. The Kier molecular flexibility index (Phi) is 4.79. The molecule has 5 atom stereocenters. The van der Waals surface area contributed by atoms with Crippen molar-refractivity contribution in [1.82, 2.24) is 15.1 Å². The molecule has 148 valence electrons. The third-order valence-electron chi connectivity index (χ3n) is 6.21. The third kappa shape index (κ3) is 3.13. The number of carbonyl (C=O) groups is 3. The van der Waals surface area contributed by atoms with Crippen LogP contribution in [0.4, 0.5) is 4.39 Å². The summed E-state index contributed by atoms with van der Waals surface area (Å²) in [7, 11) is 3.69. The first-order valence-electron chi connectivity index (χ1n) is 9.59. The molecule has 4 rings (SSSR count). The van der Waals surface area contributed by atoms with Crippen molar-refractivity contribution in [2.75, 3.05) is 27.2 Å². The third-order valence-corrected chi connectivity index (χ3v) is 6.21. The smallest absolute Gasteiger partial charge is 0.240 e. The van der Waals surface area contributed by atoms with Gasteiger partial charge in [0.15, 0.2) is 0 Å². The SMILES string of the molecule is CN(C)C(CNC(=O)CN1C(=O)C2C3C=CC(C3)C2C1=O)c1cccc(F)c1. The van der Waals surface area contributed by atoms with Crippen LogP contribution in [0.15, 0.2) is 36.4 Å². The predicted molar refractivity (Wildman–Crippen MR) is 100 cm³/mol. The van der Waals surface area contributed by atoms with E-state index < -0.39 is 0 Å². The standard InChI is InChI=1S/C21H24FN3O3/c1-24(2)16(12-4-3-5-15(22)9-12)10-23-17(26)11-25-20(27)18-13-6-7-14(8-13)19(18)21(25)28/h3-7,9,13-14,16,18-19H,8,10-11H2,1-2H3,(H,23,26). The molecule has 1 N–H and O–H groups in total. The van der Waals surface area contributed by atoms with Gasteiger partial charge in [-0.05, 0) is 50.0 Å². The lowest BCUT2D eigenvalue weighted by Gasteiger charge is -2.25. The van der Waals surface area contributed by atoms with E-state index in [2.05, 4.69) is 5.32 Å². The molecule has 6 nitrogen and oxygen atoms in total. The maximum Gasteiger partial charge on any atom is 0.240 e. The van der Waals surface area contributed by atoms with Crippen LogP contribution in [0.1, 0.15) is 18.0 Å². The topological polar surface area (TPSA) is 69.7 Å². The van der Waals surface area contributed by atoms with E-state index in [1.807, 2.05) is 31.1 Å². The molecule has 28 heavy (non-hydrogen) atoms. The summed E-state index contributed by atoms with van der Waals surface area (Å²) in [6, 6.07) is 6.03. The highest BCUT2D eigenvalue weighted by Gasteiger charge is 2.59. The van der Waals surface area contributed by atoms with Crippen LogP contribution in [0, 0.1) is 29.5 Å². The zero-order valence-electron chi connectivity index (χ0n) is 16.0. The molecule has 0 radical (unpaired) electrons. The van der Waals surface area contributed by atoms with Crippen molar-refractivity contribution in [1.29, 1.82) is 0 Å². The molecule has 2 aliphatic carbocycles. The monoisotopic (exact) mass is 385 g/mol. The van der Waals surface area contributed by atoms with E-state index in [1.165, 1.54) is 12.1 Å². The molecule has 1 aliphatic heterocycles. The first-order valence-corrected chi connectivity index (χ1v) is 9.59. The number of imide groups is 1. The van der Waals surface area contributed by atoms with Crippen molar-refractivity contribution in [2.45, 2.75) is 12.5 Å². The summed E-state index contributed by atoms with van der Waals surface area (Å²) in [5.74, 6) is -1.50. The summed E-state index contributed by atoms with van der Waals surface area (Å²) >= 11 is 0. The maximum atomic E-state index is 13.5. The minimum absolute atomic E-state index is 0.130. The van der Waals surface area contributed by atoms with Gasteiger partial charge in [-0.25, -0.2) is 4.39 Å². The fourth-order valence-corrected chi connectivity index (χ4v) is 4.84. The summed E-state index contributed by atoms with van der Waals surface area (Å²) < 4.78 is 13.5. The number of halogens is 1. The Morgan fingerprint density at radius 1 is 1.21 bits per heavy atom. The number of benzene rings is 1. The van der Waals surface area contributed by atoms with Crippen LogP contribution in [0.25, 0.3) is 0 Å². The number of hydrogen-bond donors (Lipinski definition) is 1. The molecule has 1 saturated heterocycles. The zero-order valence-corrected chi connectivity index (χ0v) is 16.0. The van der Waals surface area contributed by atoms with Crippen molar-refractivity contribution in [3.05, 3.63) is 47.8 Å². The molecule has 3 amide bonds. The van der Waals surface area contributed by atoms with Gasteiger partial charge in [0, 0.05) is 6.54 Å². The highest BCUT2D eigenvalue weighted by atomic mass is 19.1. The number of nitrogens with zero attached hydrogens (tertiary/aromatic N) is 2. The molecule has 5 unspecified atom stereocenters. The Morgan fingerprint density at radius 2 is 1.86 bits per heavy atom. The Labute approximate surface area is 163 Å². The van der Waals surface area contributed by atoms with Crippen LogP contribution < -0.4 is 5.32 Å². The van der Waals surface area contributed by atoms with Crippen molar-refractivity contribution in [3.63, 3.8) is 0 Å². The fourth-order valence-electron chi connectivity index (χ4n) is 4.84. The first-order chi connectivity index (χ1) is 13.4. The molecular formula is C21H24FN3O3. The molecule has 0 aromatic heterocycles. The number of hydrogen-bond acceptors (Lipinski definition) is 4. The summed E-state index contributed by atoms with van der Waals surface area (Å²) in [4.78, 5) is 40.8. The van der Waals surface area contributed by atoms with E-state index in [0.29, 0.717) is 0 Å². The van der Waals surface area contributed by atoms with E-state index >= 15 is 0 Å². The van der Waals surface area contributed by atoms with Gasteiger partial charge in [0.2, 0.25) is 17.7 Å². The summed E-state index contributed by atoms with van der Waals surface area (Å²) in [5.41, 5.74) is 0.746. The summed E-state index contributed by atoms with van der Waals surface area (Å²) in [6.07, 6.45) is 4.92. The van der Waals surface area contributed by atoms with Crippen molar-refractivity contribution < 1.29 is 18.8 Å². The van der Waals surface area contributed by atoms with E-state index in [-0.39, 0.29) is 66.3 Å². The van der Waals surface area contributed by atoms with Gasteiger partial charge in [0.05, 0.1) is 17.9 Å². The van der Waals surface area contributed by atoms with E-state index in [0.717, 1.165) is 16.9 Å². The van der Waals surface area contributed by atoms with Crippen molar-refractivity contribution in [3.8, 4) is 0 Å². The molecule has 1 saturated carbocycles. The minimum Gasteiger partial charge on any atom is -0.353 e. The fraction of sp³-hybridized carbons (Fsp3) is 0.476. The maximum absolute atomic E-state index is 13.5. The molecule has 2 bridgehead atoms. The van der Waals surface area contributed by atoms with Crippen LogP contribution in [0.2, 0.25) is 0 Å². The number of allylic oxidation sites excluding steroid dienone is 2. The highest BCUT2D eigenvalue weighted by molar-refractivity contribution is 6.08. The largest absolute Gasteiger partial charge is 0.353 e. The van der Waals surface area contributed by atoms with Gasteiger partial charge in [0.1, 0.15) is 12.4 Å². The second-order valence-corrected chi connectivity index (χ2v) is 8.10. The van der Waals surface area contributed by atoms with Crippen molar-refractivity contribution in [2.24, 2.45) is 23.7 Å². The second-order valence-electron chi connectivity index (χ2n) is 8.10. The average Bonchev–Trinajstić information content (AvgIpc) is 3.32. The van der Waals surface area contributed by atoms with Gasteiger partial charge in [-0.2, -0.15) is 0 Å². The number of nitrogens with one attached hydrogen (secondary N) is 1. The van der Waals surface area contributed by atoms with Crippen molar-refractivity contribution >= 4 is 17.7 Å². The Bertz CT molecular complexity index is 823. The molecule has 1 aromatic rings. The Balaban J connectivity index is 1.38. The van der Waals surface area contributed by atoms with Gasteiger partial charge >= 0.3 is 0 Å². The molecule has 1 aromatic carbocycles. The molecule has 1 heterocycles. The van der Waals surface area contributed by atoms with E-state index in [9.17, 15) is 18.8 Å². The summed E-state index contributed by atoms with van der Waals surface area (Å²) in [6.45, 7) is -0.00141. The van der Waals surface area contributed by atoms with Gasteiger partial charge < -0.3 is 10.2 Å². The lowest BCUT2D eigenvalue weighted by Crippen LogP contribution is -2.43. The Hall–Kier alpha value is -2.54. The summed E-state index contributed by atoms with van der Waals surface area (Å²) in [5, 5.41) is 2.79. The predicted octanol–water partition coefficient (Wildman–Crippen LogP) is 1.35. The number of likely N-dealkylation sites (N-methyl/N-ethyl adjacent to an activating group) is 1. The molecule has 3 aliphatic rings. The van der Waals surface area contributed by atoms with Gasteiger partial charge in [0.25, 0.3) is 0 Å². The molecule has 2 fully saturated rings. The molecule has 7 heteroatoms. The highest BCUT2D eigenvalue weighted by Crippen LogP contribution is 2.52. The van der Waals surface area contributed by atoms with Crippen LogP contribution in [0.5, 0.6) is 0 Å². The van der Waals surface area contributed by atoms with Crippen LogP contribution in [0.3, 0.4) is 0 Å². The van der Waals surface area contributed by atoms with Gasteiger partial charge in [-0.3, -0.25) is 19.3 Å². The first kappa shape index (κ1) is 18.8. The number of rotatable bonds is 6. The van der Waals surface area contributed by atoms with E-state index in [4.69, 9.17) is 0 Å². The van der Waals surface area contributed by atoms with Crippen LogP contribution >= 0.6 is 0 Å². The average molecular weight is 385 g/mol. The minimum atomic E-state index is -0.384. The van der Waals surface area contributed by atoms with Crippen LogP contribution in [-0.4, -0.2) is 54.7 Å². The number of fused-ring (bicyclic) bond motifs is 5. The molecular weight excluding hydrogens is 361 g/mol. The number of amides is 3.